The molecule has 16 heavy (non-hydrogen) atoms. The average Bonchev–Trinajstić information content (AvgIpc) is 2.82. The fourth-order valence-corrected chi connectivity index (χ4v) is 1.71. The molecular weight excluding hydrogens is 202 g/mol. The Bertz CT molecular complexity index is 463. The molecule has 1 aromatic heterocycles. The van der Waals surface area contributed by atoms with Gasteiger partial charge in [0.05, 0.1) is 7.11 Å². The van der Waals surface area contributed by atoms with Crippen molar-refractivity contribution in [3.05, 3.63) is 53.3 Å². The first-order chi connectivity index (χ1) is 7.72. The fraction of sp³-hybridized carbons (Fsp3) is 0.231. The molecule has 1 aromatic carbocycles. The van der Waals surface area contributed by atoms with Gasteiger partial charge in [0.25, 0.3) is 0 Å². The molecule has 1 unspecified atom stereocenters. The fourth-order valence-electron chi connectivity index (χ4n) is 1.71. The van der Waals surface area contributed by atoms with E-state index in [1.165, 1.54) is 0 Å². The third-order valence-corrected chi connectivity index (χ3v) is 2.69. The Hall–Kier alpha value is -1.74. The van der Waals surface area contributed by atoms with E-state index in [-0.39, 0.29) is 0 Å². The van der Waals surface area contributed by atoms with E-state index in [4.69, 9.17) is 4.74 Å². The molecule has 2 N–H and O–H groups in total. The maximum atomic E-state index is 10.1. The van der Waals surface area contributed by atoms with Gasteiger partial charge in [0.1, 0.15) is 11.9 Å². The standard InChI is InChI=1S/C13H15NO2/c1-9-3-4-10(7-12(9)16-2)13(15)11-5-6-14-8-11/h3-8,13-15H,1-2H3. The molecule has 2 aromatic rings. The molecule has 0 aliphatic carbocycles. The van der Waals surface area contributed by atoms with Gasteiger partial charge in [-0.15, -0.1) is 0 Å². The Morgan fingerprint density at radius 2 is 2.06 bits per heavy atom. The van der Waals surface area contributed by atoms with Crippen LogP contribution in [0.15, 0.2) is 36.7 Å². The van der Waals surface area contributed by atoms with Crippen LogP contribution in [0.2, 0.25) is 0 Å². The molecule has 0 amide bonds. The van der Waals surface area contributed by atoms with E-state index in [1.54, 1.807) is 19.5 Å². The second-order valence-electron chi connectivity index (χ2n) is 3.78. The Balaban J connectivity index is 2.34. The lowest BCUT2D eigenvalue weighted by Crippen LogP contribution is -1.99. The van der Waals surface area contributed by atoms with E-state index < -0.39 is 6.10 Å². The minimum absolute atomic E-state index is 0.610. The van der Waals surface area contributed by atoms with Crippen LogP contribution in [0.25, 0.3) is 0 Å². The summed E-state index contributed by atoms with van der Waals surface area (Å²) in [7, 11) is 1.63. The summed E-state index contributed by atoms with van der Waals surface area (Å²) in [6.07, 6.45) is 2.97. The molecule has 3 nitrogen and oxygen atoms in total. The van der Waals surface area contributed by atoms with Crippen LogP contribution in [-0.2, 0) is 0 Å². The van der Waals surface area contributed by atoms with E-state index in [0.29, 0.717) is 0 Å². The van der Waals surface area contributed by atoms with Crippen molar-refractivity contribution < 1.29 is 9.84 Å². The van der Waals surface area contributed by atoms with Gasteiger partial charge in [-0.25, -0.2) is 0 Å². The number of aromatic nitrogens is 1. The summed E-state index contributed by atoms with van der Waals surface area (Å²) in [5, 5.41) is 10.1. The molecule has 3 heteroatoms. The monoisotopic (exact) mass is 217 g/mol. The zero-order valence-corrected chi connectivity index (χ0v) is 9.40. The second kappa shape index (κ2) is 4.41. The summed E-state index contributed by atoms with van der Waals surface area (Å²) >= 11 is 0. The number of ether oxygens (including phenoxy) is 1. The summed E-state index contributed by atoms with van der Waals surface area (Å²) in [5.74, 6) is 0.798. The van der Waals surface area contributed by atoms with E-state index in [0.717, 1.165) is 22.4 Å². The number of hydrogen-bond donors (Lipinski definition) is 2. The maximum absolute atomic E-state index is 10.1. The Kier molecular flexibility index (Phi) is 2.97. The molecule has 0 saturated carbocycles. The molecule has 84 valence electrons. The molecule has 0 fully saturated rings. The van der Waals surface area contributed by atoms with Crippen molar-refractivity contribution in [2.45, 2.75) is 13.0 Å². The number of aliphatic hydroxyl groups is 1. The van der Waals surface area contributed by atoms with Crippen molar-refractivity contribution >= 4 is 0 Å². The zero-order chi connectivity index (χ0) is 11.5. The molecular formula is C13H15NO2. The minimum atomic E-state index is -0.610. The molecule has 0 aliphatic rings. The summed E-state index contributed by atoms with van der Waals surface area (Å²) in [6.45, 7) is 1.98. The highest BCUT2D eigenvalue weighted by atomic mass is 16.5. The van der Waals surface area contributed by atoms with Gasteiger partial charge >= 0.3 is 0 Å². The van der Waals surface area contributed by atoms with Crippen molar-refractivity contribution in [2.24, 2.45) is 0 Å². The number of aliphatic hydroxyl groups excluding tert-OH is 1. The molecule has 1 heterocycles. The smallest absolute Gasteiger partial charge is 0.122 e. The Labute approximate surface area is 94.7 Å². The Morgan fingerprint density at radius 3 is 2.69 bits per heavy atom. The van der Waals surface area contributed by atoms with Crippen molar-refractivity contribution in [1.82, 2.24) is 4.98 Å². The van der Waals surface area contributed by atoms with Crippen molar-refractivity contribution in [3.8, 4) is 5.75 Å². The van der Waals surface area contributed by atoms with Gasteiger partial charge in [-0.05, 0) is 30.2 Å². The van der Waals surface area contributed by atoms with Crippen LogP contribution >= 0.6 is 0 Å². The summed E-state index contributed by atoms with van der Waals surface area (Å²) in [5.41, 5.74) is 2.75. The van der Waals surface area contributed by atoms with Crippen molar-refractivity contribution in [3.63, 3.8) is 0 Å². The van der Waals surface area contributed by atoms with Gasteiger partial charge in [0.15, 0.2) is 0 Å². The average molecular weight is 217 g/mol. The van der Waals surface area contributed by atoms with Gasteiger partial charge < -0.3 is 14.8 Å². The van der Waals surface area contributed by atoms with Crippen molar-refractivity contribution in [1.29, 1.82) is 0 Å². The minimum Gasteiger partial charge on any atom is -0.496 e. The van der Waals surface area contributed by atoms with Gasteiger partial charge in [-0.3, -0.25) is 0 Å². The first kappa shape index (κ1) is 10.8. The lowest BCUT2D eigenvalue weighted by atomic mass is 10.0. The van der Waals surface area contributed by atoms with E-state index in [1.807, 2.05) is 31.2 Å². The Morgan fingerprint density at radius 1 is 1.25 bits per heavy atom. The number of H-pyrrole nitrogens is 1. The highest BCUT2D eigenvalue weighted by molar-refractivity contribution is 5.39. The van der Waals surface area contributed by atoms with Gasteiger partial charge in [0, 0.05) is 18.0 Å². The normalized spacial score (nSPS) is 12.4. The highest BCUT2D eigenvalue weighted by Gasteiger charge is 2.12. The van der Waals surface area contributed by atoms with Crippen LogP contribution in [-0.4, -0.2) is 17.2 Å². The zero-order valence-electron chi connectivity index (χ0n) is 9.40. The van der Waals surface area contributed by atoms with Crippen LogP contribution in [0.3, 0.4) is 0 Å². The lowest BCUT2D eigenvalue weighted by Gasteiger charge is -2.12. The molecule has 0 aliphatic heterocycles. The quantitative estimate of drug-likeness (QED) is 0.829. The van der Waals surface area contributed by atoms with Gasteiger partial charge in [-0.2, -0.15) is 0 Å². The number of benzene rings is 1. The van der Waals surface area contributed by atoms with Crippen LogP contribution < -0.4 is 4.74 Å². The van der Waals surface area contributed by atoms with E-state index in [2.05, 4.69) is 4.98 Å². The number of aromatic amines is 1. The maximum Gasteiger partial charge on any atom is 0.122 e. The molecule has 0 radical (unpaired) electrons. The van der Waals surface area contributed by atoms with Crippen LogP contribution in [0.5, 0.6) is 5.75 Å². The number of methoxy groups -OCH3 is 1. The molecule has 0 bridgehead atoms. The topological polar surface area (TPSA) is 45.2 Å². The predicted molar refractivity (Wildman–Crippen MR) is 62.6 cm³/mol. The summed E-state index contributed by atoms with van der Waals surface area (Å²) in [6, 6.07) is 7.59. The largest absolute Gasteiger partial charge is 0.496 e. The molecule has 0 spiro atoms. The number of hydrogen-bond acceptors (Lipinski definition) is 2. The van der Waals surface area contributed by atoms with Crippen LogP contribution in [0, 0.1) is 6.92 Å². The summed E-state index contributed by atoms with van der Waals surface area (Å²) in [4.78, 5) is 2.93. The van der Waals surface area contributed by atoms with Gasteiger partial charge in [0.2, 0.25) is 0 Å². The number of nitrogens with one attached hydrogen (secondary N) is 1. The van der Waals surface area contributed by atoms with Crippen molar-refractivity contribution in [2.75, 3.05) is 7.11 Å². The third-order valence-electron chi connectivity index (χ3n) is 2.69. The second-order valence-corrected chi connectivity index (χ2v) is 3.78. The molecule has 1 atom stereocenters. The van der Waals surface area contributed by atoms with E-state index >= 15 is 0 Å². The first-order valence-corrected chi connectivity index (χ1v) is 5.17. The van der Waals surface area contributed by atoms with Crippen LogP contribution in [0.1, 0.15) is 22.8 Å². The van der Waals surface area contributed by atoms with Gasteiger partial charge in [-0.1, -0.05) is 12.1 Å². The summed E-state index contributed by atoms with van der Waals surface area (Å²) < 4.78 is 5.23. The predicted octanol–water partition coefficient (Wildman–Crippen LogP) is 2.41. The third kappa shape index (κ3) is 1.95. The molecule has 0 saturated heterocycles. The lowest BCUT2D eigenvalue weighted by molar-refractivity contribution is 0.220. The number of aryl methyl sites for hydroxylation is 1. The SMILES string of the molecule is COc1cc(C(O)c2cc[nH]c2)ccc1C. The molecule has 2 rings (SSSR count). The van der Waals surface area contributed by atoms with Crippen LogP contribution in [0.4, 0.5) is 0 Å². The number of rotatable bonds is 3. The highest BCUT2D eigenvalue weighted by Crippen LogP contribution is 2.26. The first-order valence-electron chi connectivity index (χ1n) is 5.17. The van der Waals surface area contributed by atoms with E-state index in [9.17, 15) is 5.11 Å².